The van der Waals surface area contributed by atoms with Gasteiger partial charge in [0, 0.05) is 6.20 Å². The maximum atomic E-state index is 13.3. The largest absolute Gasteiger partial charge is 0.319 e. The lowest BCUT2D eigenvalue weighted by molar-refractivity contribution is -0.119. The molecule has 18 heavy (non-hydrogen) atoms. The molecular formula is C12H8ClFN2O2. The van der Waals surface area contributed by atoms with Crippen LogP contribution in [0.3, 0.4) is 0 Å². The maximum Gasteiger partial charge on any atom is 0.260 e. The third-order valence-electron chi connectivity index (χ3n) is 2.31. The van der Waals surface area contributed by atoms with Gasteiger partial charge in [0.15, 0.2) is 5.78 Å². The molecule has 0 unspecified atom stereocenters. The first-order valence-corrected chi connectivity index (χ1v) is 5.47. The highest BCUT2D eigenvalue weighted by Gasteiger charge is 2.23. The van der Waals surface area contributed by atoms with Crippen LogP contribution < -0.4 is 5.32 Å². The number of nitrogens with one attached hydrogen (secondary N) is 1. The molecule has 0 bridgehead atoms. The van der Waals surface area contributed by atoms with Crippen LogP contribution in [0.2, 0.25) is 0 Å². The highest BCUT2D eigenvalue weighted by molar-refractivity contribution is 6.67. The number of para-hydroxylation sites is 1. The Morgan fingerprint density at radius 3 is 2.78 bits per heavy atom. The van der Waals surface area contributed by atoms with Crippen molar-refractivity contribution in [3.05, 3.63) is 41.9 Å². The van der Waals surface area contributed by atoms with Crippen LogP contribution in [0.4, 0.5) is 10.1 Å². The van der Waals surface area contributed by atoms with Crippen molar-refractivity contribution in [1.29, 1.82) is 0 Å². The first kappa shape index (κ1) is 12.4. The summed E-state index contributed by atoms with van der Waals surface area (Å²) in [7, 11) is 0. The molecule has 0 fully saturated rings. The number of ketones is 1. The summed E-state index contributed by atoms with van der Waals surface area (Å²) < 4.78 is 13.3. The molecule has 1 aliphatic rings. The lowest BCUT2D eigenvalue weighted by atomic mass is 10.1. The van der Waals surface area contributed by atoms with Crippen LogP contribution in [0.1, 0.15) is 6.42 Å². The monoisotopic (exact) mass is 266 g/mol. The average molecular weight is 267 g/mol. The topological polar surface area (TPSA) is 58.5 Å². The van der Waals surface area contributed by atoms with E-state index in [0.717, 1.165) is 6.20 Å². The summed E-state index contributed by atoms with van der Waals surface area (Å²) in [5.74, 6) is -1.71. The van der Waals surface area contributed by atoms with E-state index in [1.807, 2.05) is 0 Å². The predicted octanol–water partition coefficient (Wildman–Crippen LogP) is 2.26. The molecule has 1 heterocycles. The SMILES string of the molecule is O=C1CC(Cl)=NC=C1C(=O)Nc1ccccc1F. The summed E-state index contributed by atoms with van der Waals surface area (Å²) in [5.41, 5.74) is -0.125. The Kier molecular flexibility index (Phi) is 3.53. The number of aliphatic imine (C=N–C) groups is 1. The smallest absolute Gasteiger partial charge is 0.260 e. The van der Waals surface area contributed by atoms with Gasteiger partial charge in [-0.25, -0.2) is 9.38 Å². The summed E-state index contributed by atoms with van der Waals surface area (Å²) in [5, 5.41) is 2.44. The van der Waals surface area contributed by atoms with Gasteiger partial charge >= 0.3 is 0 Å². The number of Topliss-reactive ketones (excluding diaryl/α,β-unsaturated/α-hetero) is 1. The van der Waals surface area contributed by atoms with Crippen molar-refractivity contribution in [2.24, 2.45) is 4.99 Å². The number of amides is 1. The van der Waals surface area contributed by atoms with E-state index in [9.17, 15) is 14.0 Å². The first-order valence-electron chi connectivity index (χ1n) is 5.09. The van der Waals surface area contributed by atoms with Gasteiger partial charge in [0.1, 0.15) is 16.6 Å². The number of benzene rings is 1. The number of hydrogen-bond acceptors (Lipinski definition) is 3. The van der Waals surface area contributed by atoms with Gasteiger partial charge in [-0.1, -0.05) is 23.7 Å². The molecule has 1 N–H and O–H groups in total. The molecule has 0 saturated carbocycles. The fourth-order valence-electron chi connectivity index (χ4n) is 1.42. The molecular weight excluding hydrogens is 259 g/mol. The Labute approximate surface area is 107 Å². The molecule has 0 saturated heterocycles. The number of anilines is 1. The summed E-state index contributed by atoms with van der Waals surface area (Å²) in [4.78, 5) is 27.0. The highest BCUT2D eigenvalue weighted by Crippen LogP contribution is 2.16. The van der Waals surface area contributed by atoms with Gasteiger partial charge in [-0.15, -0.1) is 0 Å². The van der Waals surface area contributed by atoms with Crippen LogP contribution in [0.15, 0.2) is 41.0 Å². The molecule has 1 aliphatic heterocycles. The van der Waals surface area contributed by atoms with Crippen LogP contribution >= 0.6 is 11.6 Å². The third-order valence-corrected chi connectivity index (χ3v) is 2.54. The maximum absolute atomic E-state index is 13.3. The molecule has 0 radical (unpaired) electrons. The Hall–Kier alpha value is -2.01. The second-order valence-corrected chi connectivity index (χ2v) is 4.02. The van der Waals surface area contributed by atoms with Crippen molar-refractivity contribution >= 4 is 34.1 Å². The van der Waals surface area contributed by atoms with Gasteiger partial charge in [0.2, 0.25) is 0 Å². The number of hydrogen-bond donors (Lipinski definition) is 1. The van der Waals surface area contributed by atoms with Gasteiger partial charge in [-0.2, -0.15) is 0 Å². The number of nitrogens with zero attached hydrogens (tertiary/aromatic N) is 1. The van der Waals surface area contributed by atoms with E-state index < -0.39 is 17.5 Å². The van der Waals surface area contributed by atoms with Crippen LogP contribution in [0, 0.1) is 5.82 Å². The van der Waals surface area contributed by atoms with Crippen molar-refractivity contribution in [2.75, 3.05) is 5.32 Å². The summed E-state index contributed by atoms with van der Waals surface area (Å²) in [6.45, 7) is 0. The van der Waals surface area contributed by atoms with Gasteiger partial charge in [0.25, 0.3) is 5.91 Å². The summed E-state index contributed by atoms with van der Waals surface area (Å²) in [6, 6.07) is 5.68. The molecule has 92 valence electrons. The Balaban J connectivity index is 2.19. The second kappa shape index (κ2) is 5.10. The summed E-state index contributed by atoms with van der Waals surface area (Å²) >= 11 is 5.56. The van der Waals surface area contributed by atoms with E-state index in [4.69, 9.17) is 11.6 Å². The minimum Gasteiger partial charge on any atom is -0.319 e. The number of carbonyl (C=O) groups excluding carboxylic acids is 2. The van der Waals surface area contributed by atoms with Gasteiger partial charge < -0.3 is 5.32 Å². The fourth-order valence-corrected chi connectivity index (χ4v) is 1.59. The number of carbonyl (C=O) groups is 2. The van der Waals surface area contributed by atoms with Crippen LogP contribution in [0.5, 0.6) is 0 Å². The highest BCUT2D eigenvalue weighted by atomic mass is 35.5. The van der Waals surface area contributed by atoms with Crippen molar-refractivity contribution in [2.45, 2.75) is 6.42 Å². The van der Waals surface area contributed by atoms with E-state index in [-0.39, 0.29) is 22.9 Å². The van der Waals surface area contributed by atoms with Crippen molar-refractivity contribution in [3.63, 3.8) is 0 Å². The standard InChI is InChI=1S/C12H8ClFN2O2/c13-11-5-10(17)7(6-15-11)12(18)16-9-4-2-1-3-8(9)14/h1-4,6H,5H2,(H,16,18). The quantitative estimate of drug-likeness (QED) is 0.835. The zero-order valence-corrected chi connectivity index (χ0v) is 9.87. The Bertz CT molecular complexity index is 581. The van der Waals surface area contributed by atoms with E-state index in [1.54, 1.807) is 6.07 Å². The van der Waals surface area contributed by atoms with Crippen molar-refractivity contribution in [3.8, 4) is 0 Å². The zero-order valence-electron chi connectivity index (χ0n) is 9.11. The van der Waals surface area contributed by atoms with Crippen LogP contribution in [0.25, 0.3) is 0 Å². The molecule has 0 aromatic heterocycles. The molecule has 0 aliphatic carbocycles. The minimum atomic E-state index is -0.696. The minimum absolute atomic E-state index is 0.0110. The van der Waals surface area contributed by atoms with E-state index in [1.165, 1.54) is 18.2 Å². The van der Waals surface area contributed by atoms with E-state index >= 15 is 0 Å². The molecule has 1 aromatic rings. The molecule has 0 spiro atoms. The van der Waals surface area contributed by atoms with Gasteiger partial charge in [-0.05, 0) is 12.1 Å². The lowest BCUT2D eigenvalue weighted by Crippen LogP contribution is -2.23. The first-order chi connectivity index (χ1) is 8.58. The third kappa shape index (κ3) is 2.62. The predicted molar refractivity (Wildman–Crippen MR) is 66.0 cm³/mol. The molecule has 1 aromatic carbocycles. The average Bonchev–Trinajstić information content (AvgIpc) is 2.32. The Morgan fingerprint density at radius 2 is 2.11 bits per heavy atom. The van der Waals surface area contributed by atoms with E-state index in [2.05, 4.69) is 10.3 Å². The Morgan fingerprint density at radius 1 is 1.39 bits per heavy atom. The van der Waals surface area contributed by atoms with Crippen LogP contribution in [-0.2, 0) is 9.59 Å². The molecule has 0 atom stereocenters. The van der Waals surface area contributed by atoms with Gasteiger partial charge in [0.05, 0.1) is 12.1 Å². The van der Waals surface area contributed by atoms with Crippen molar-refractivity contribution in [1.82, 2.24) is 0 Å². The molecule has 2 rings (SSSR count). The fraction of sp³-hybridized carbons (Fsp3) is 0.0833. The number of rotatable bonds is 2. The van der Waals surface area contributed by atoms with E-state index in [0.29, 0.717) is 0 Å². The lowest BCUT2D eigenvalue weighted by Gasteiger charge is -2.10. The zero-order chi connectivity index (χ0) is 13.1. The van der Waals surface area contributed by atoms with Crippen LogP contribution in [-0.4, -0.2) is 16.9 Å². The molecule has 4 nitrogen and oxygen atoms in total. The van der Waals surface area contributed by atoms with Crippen molar-refractivity contribution < 1.29 is 14.0 Å². The second-order valence-electron chi connectivity index (χ2n) is 3.58. The van der Waals surface area contributed by atoms with Gasteiger partial charge in [-0.3, -0.25) is 9.59 Å². The molecule has 1 amide bonds. The summed E-state index contributed by atoms with van der Waals surface area (Å²) in [6.07, 6.45) is 0.975. The molecule has 6 heteroatoms. The number of halogens is 2. The normalized spacial score (nSPS) is 14.9.